The van der Waals surface area contributed by atoms with Gasteiger partial charge in [-0.25, -0.2) is 0 Å². The van der Waals surface area contributed by atoms with Crippen molar-refractivity contribution in [3.05, 3.63) is 59.7 Å². The maximum Gasteiger partial charge on any atom is 0.265 e. The van der Waals surface area contributed by atoms with Gasteiger partial charge in [-0.2, -0.15) is 0 Å². The minimum absolute atomic E-state index is 0.0181. The molecule has 2 amide bonds. The normalized spacial score (nSPS) is 15.3. The van der Waals surface area contributed by atoms with Gasteiger partial charge in [0.2, 0.25) is 0 Å². The summed E-state index contributed by atoms with van der Waals surface area (Å²) in [6, 6.07) is 14.9. The molecule has 2 aromatic rings. The number of carbonyl (C=O) groups is 2. The zero-order valence-electron chi connectivity index (χ0n) is 17.3. The smallest absolute Gasteiger partial charge is 0.265 e. The van der Waals surface area contributed by atoms with E-state index in [1.54, 1.807) is 12.1 Å². The standard InChI is InChI=1S/C24H30N2O3/c1-3-22(29-19-12-10-11-18(2)17-19)23(27)25-21-14-7-6-13-20(21)24(28)26-15-8-4-5-9-16-26/h6-7,10-14,17,22H,3-5,8-9,15-16H2,1-2H3,(H,25,27)/t22-/m0/s1. The van der Waals surface area contributed by atoms with E-state index in [2.05, 4.69) is 5.32 Å². The van der Waals surface area contributed by atoms with Gasteiger partial charge in [0.25, 0.3) is 11.8 Å². The molecule has 0 spiro atoms. The molecule has 154 valence electrons. The Labute approximate surface area is 173 Å². The molecule has 0 radical (unpaired) electrons. The molecular formula is C24H30N2O3. The van der Waals surface area contributed by atoms with Crippen LogP contribution in [0.3, 0.4) is 0 Å². The van der Waals surface area contributed by atoms with Crippen molar-refractivity contribution >= 4 is 17.5 Å². The highest BCUT2D eigenvalue weighted by atomic mass is 16.5. The number of benzene rings is 2. The van der Waals surface area contributed by atoms with E-state index in [1.807, 2.05) is 55.1 Å². The highest BCUT2D eigenvalue weighted by Crippen LogP contribution is 2.21. The fraction of sp³-hybridized carbons (Fsp3) is 0.417. The Kier molecular flexibility index (Phi) is 7.28. The Hall–Kier alpha value is -2.82. The number of nitrogens with zero attached hydrogens (tertiary/aromatic N) is 1. The molecule has 29 heavy (non-hydrogen) atoms. The Morgan fingerprint density at radius 1 is 1.03 bits per heavy atom. The predicted octanol–water partition coefficient (Wildman–Crippen LogP) is 4.81. The Balaban J connectivity index is 1.73. The molecule has 3 rings (SSSR count). The van der Waals surface area contributed by atoms with E-state index in [4.69, 9.17) is 4.74 Å². The zero-order valence-corrected chi connectivity index (χ0v) is 17.3. The van der Waals surface area contributed by atoms with Crippen molar-refractivity contribution in [3.8, 4) is 5.75 Å². The van der Waals surface area contributed by atoms with Gasteiger partial charge >= 0.3 is 0 Å². The van der Waals surface area contributed by atoms with Crippen LogP contribution in [0, 0.1) is 6.92 Å². The maximum atomic E-state index is 13.1. The lowest BCUT2D eigenvalue weighted by atomic mass is 10.1. The van der Waals surface area contributed by atoms with Gasteiger partial charge in [-0.3, -0.25) is 9.59 Å². The average Bonchev–Trinajstić information content (AvgIpc) is 3.01. The number of para-hydroxylation sites is 1. The largest absolute Gasteiger partial charge is 0.481 e. The number of amides is 2. The van der Waals surface area contributed by atoms with Crippen LogP contribution in [0.2, 0.25) is 0 Å². The molecule has 5 nitrogen and oxygen atoms in total. The highest BCUT2D eigenvalue weighted by molar-refractivity contribution is 6.04. The third kappa shape index (κ3) is 5.59. The van der Waals surface area contributed by atoms with Gasteiger partial charge in [-0.15, -0.1) is 0 Å². The number of hydrogen-bond acceptors (Lipinski definition) is 3. The second-order valence-corrected chi connectivity index (χ2v) is 7.57. The Bertz CT molecular complexity index is 842. The molecule has 1 heterocycles. The number of ether oxygens (including phenoxy) is 1. The van der Waals surface area contributed by atoms with E-state index in [1.165, 1.54) is 0 Å². The SMILES string of the molecule is CC[C@H](Oc1cccc(C)c1)C(=O)Nc1ccccc1C(=O)N1CCCCCC1. The predicted molar refractivity (Wildman–Crippen MR) is 115 cm³/mol. The van der Waals surface area contributed by atoms with Crippen LogP contribution in [-0.4, -0.2) is 35.9 Å². The molecule has 0 aromatic heterocycles. The molecule has 1 N–H and O–H groups in total. The van der Waals surface area contributed by atoms with E-state index < -0.39 is 6.10 Å². The van der Waals surface area contributed by atoms with Gasteiger partial charge in [-0.1, -0.05) is 44.0 Å². The van der Waals surface area contributed by atoms with Crippen LogP contribution in [0.1, 0.15) is 54.9 Å². The second-order valence-electron chi connectivity index (χ2n) is 7.57. The Morgan fingerprint density at radius 2 is 1.76 bits per heavy atom. The van der Waals surface area contributed by atoms with Gasteiger partial charge in [0.1, 0.15) is 5.75 Å². The molecular weight excluding hydrogens is 364 g/mol. The van der Waals surface area contributed by atoms with Crippen LogP contribution in [0.15, 0.2) is 48.5 Å². The monoisotopic (exact) mass is 394 g/mol. The summed E-state index contributed by atoms with van der Waals surface area (Å²) in [5.74, 6) is 0.404. The molecule has 1 saturated heterocycles. The molecule has 2 aromatic carbocycles. The minimum atomic E-state index is -0.627. The number of hydrogen-bond donors (Lipinski definition) is 1. The van der Waals surface area contributed by atoms with Gasteiger partial charge < -0.3 is 15.0 Å². The second kappa shape index (κ2) is 10.1. The van der Waals surface area contributed by atoms with Gasteiger partial charge in [0, 0.05) is 13.1 Å². The van der Waals surface area contributed by atoms with Gasteiger partial charge in [0.15, 0.2) is 6.10 Å². The van der Waals surface area contributed by atoms with Crippen LogP contribution < -0.4 is 10.1 Å². The first-order valence-electron chi connectivity index (χ1n) is 10.5. The van der Waals surface area contributed by atoms with Crippen molar-refractivity contribution in [1.82, 2.24) is 4.90 Å². The molecule has 0 bridgehead atoms. The summed E-state index contributed by atoms with van der Waals surface area (Å²) < 4.78 is 5.90. The summed E-state index contributed by atoms with van der Waals surface area (Å²) in [5, 5.41) is 2.92. The molecule has 1 atom stereocenters. The summed E-state index contributed by atoms with van der Waals surface area (Å²) in [4.78, 5) is 27.8. The third-order valence-corrected chi connectivity index (χ3v) is 5.24. The summed E-state index contributed by atoms with van der Waals surface area (Å²) >= 11 is 0. The van der Waals surface area contributed by atoms with Crippen molar-refractivity contribution < 1.29 is 14.3 Å². The first-order valence-corrected chi connectivity index (χ1v) is 10.5. The number of aryl methyl sites for hydroxylation is 1. The lowest BCUT2D eigenvalue weighted by Crippen LogP contribution is -2.35. The van der Waals surface area contributed by atoms with Crippen LogP contribution in [0.25, 0.3) is 0 Å². The fourth-order valence-electron chi connectivity index (χ4n) is 3.61. The van der Waals surface area contributed by atoms with Crippen molar-refractivity contribution in [2.24, 2.45) is 0 Å². The van der Waals surface area contributed by atoms with Crippen LogP contribution in [0.5, 0.6) is 5.75 Å². The van der Waals surface area contributed by atoms with E-state index in [9.17, 15) is 9.59 Å². The molecule has 0 aliphatic carbocycles. The van der Waals surface area contributed by atoms with E-state index in [0.717, 1.165) is 44.3 Å². The molecule has 5 heteroatoms. The lowest BCUT2D eigenvalue weighted by Gasteiger charge is -2.23. The van der Waals surface area contributed by atoms with E-state index in [0.29, 0.717) is 23.4 Å². The van der Waals surface area contributed by atoms with Gasteiger partial charge in [0.05, 0.1) is 11.3 Å². The zero-order chi connectivity index (χ0) is 20.6. The minimum Gasteiger partial charge on any atom is -0.481 e. The summed E-state index contributed by atoms with van der Waals surface area (Å²) in [6.07, 6.45) is 4.29. The maximum absolute atomic E-state index is 13.1. The quantitative estimate of drug-likeness (QED) is 0.765. The van der Waals surface area contributed by atoms with Crippen molar-refractivity contribution in [2.45, 2.75) is 52.1 Å². The molecule has 1 aliphatic heterocycles. The summed E-state index contributed by atoms with van der Waals surface area (Å²) in [6.45, 7) is 5.44. The number of rotatable bonds is 6. The van der Waals surface area contributed by atoms with Crippen molar-refractivity contribution in [1.29, 1.82) is 0 Å². The highest BCUT2D eigenvalue weighted by Gasteiger charge is 2.23. The first kappa shape index (κ1) is 20.9. The molecule has 0 saturated carbocycles. The number of carbonyl (C=O) groups excluding carboxylic acids is 2. The molecule has 0 unspecified atom stereocenters. The van der Waals surface area contributed by atoms with Crippen molar-refractivity contribution in [3.63, 3.8) is 0 Å². The summed E-state index contributed by atoms with van der Waals surface area (Å²) in [5.41, 5.74) is 2.15. The average molecular weight is 395 g/mol. The first-order chi connectivity index (χ1) is 14.1. The lowest BCUT2D eigenvalue weighted by molar-refractivity contribution is -0.122. The number of anilines is 1. The van der Waals surface area contributed by atoms with Crippen LogP contribution in [0.4, 0.5) is 5.69 Å². The number of nitrogens with one attached hydrogen (secondary N) is 1. The van der Waals surface area contributed by atoms with E-state index in [-0.39, 0.29) is 11.8 Å². The van der Waals surface area contributed by atoms with Crippen LogP contribution >= 0.6 is 0 Å². The molecule has 1 aliphatic rings. The van der Waals surface area contributed by atoms with Crippen molar-refractivity contribution in [2.75, 3.05) is 18.4 Å². The van der Waals surface area contributed by atoms with Crippen LogP contribution in [-0.2, 0) is 4.79 Å². The van der Waals surface area contributed by atoms with E-state index >= 15 is 0 Å². The molecule has 1 fully saturated rings. The van der Waals surface area contributed by atoms with Gasteiger partial charge in [-0.05, 0) is 56.0 Å². The fourth-order valence-corrected chi connectivity index (χ4v) is 3.61. The summed E-state index contributed by atoms with van der Waals surface area (Å²) in [7, 11) is 0. The topological polar surface area (TPSA) is 58.6 Å². The third-order valence-electron chi connectivity index (χ3n) is 5.24. The Morgan fingerprint density at radius 3 is 2.45 bits per heavy atom. The number of likely N-dealkylation sites (tertiary alicyclic amines) is 1.